The summed E-state index contributed by atoms with van der Waals surface area (Å²) in [6, 6.07) is 3.60. The van der Waals surface area contributed by atoms with Gasteiger partial charge in [-0.3, -0.25) is 9.52 Å². The number of aliphatic carboxylic acids is 1. The van der Waals surface area contributed by atoms with E-state index in [1.807, 2.05) is 0 Å². The number of hydrogen-bond donors (Lipinski definition) is 2. The molecule has 1 heterocycles. The van der Waals surface area contributed by atoms with Crippen molar-refractivity contribution in [1.82, 2.24) is 4.98 Å². The number of carboxylic acids is 1. The average Bonchev–Trinajstić information content (AvgIpc) is 2.83. The fourth-order valence-corrected chi connectivity index (χ4v) is 3.63. The Morgan fingerprint density at radius 3 is 2.46 bits per heavy atom. The molecule has 130 valence electrons. The van der Waals surface area contributed by atoms with Crippen molar-refractivity contribution in [3.63, 3.8) is 0 Å². The van der Waals surface area contributed by atoms with E-state index in [0.717, 1.165) is 35.6 Å². The average molecular weight is 382 g/mol. The van der Waals surface area contributed by atoms with Gasteiger partial charge in [-0.2, -0.15) is 0 Å². The zero-order valence-corrected chi connectivity index (χ0v) is 13.2. The van der Waals surface area contributed by atoms with Crippen LogP contribution in [-0.4, -0.2) is 30.8 Å². The second kappa shape index (κ2) is 6.65. The Hall–Kier alpha value is -2.34. The predicted molar refractivity (Wildman–Crippen MR) is 77.4 cm³/mol. The van der Waals surface area contributed by atoms with Crippen LogP contribution in [0.5, 0.6) is 5.75 Å². The molecule has 0 aliphatic rings. The quantitative estimate of drug-likeness (QED) is 0.795. The van der Waals surface area contributed by atoms with Gasteiger partial charge in [-0.05, 0) is 24.3 Å². The number of ether oxygens (including phenoxy) is 1. The van der Waals surface area contributed by atoms with Gasteiger partial charge in [0.25, 0.3) is 10.0 Å². The molecule has 2 aromatic rings. The highest BCUT2D eigenvalue weighted by molar-refractivity contribution is 7.93. The second-order valence-corrected chi connectivity index (χ2v) is 7.12. The Bertz CT molecular complexity index is 831. The van der Waals surface area contributed by atoms with Gasteiger partial charge < -0.3 is 9.84 Å². The van der Waals surface area contributed by atoms with Crippen molar-refractivity contribution in [1.29, 1.82) is 0 Å². The normalized spacial score (nSPS) is 12.0. The van der Waals surface area contributed by atoms with Gasteiger partial charge in [0, 0.05) is 11.1 Å². The van der Waals surface area contributed by atoms with Crippen molar-refractivity contribution < 1.29 is 36.2 Å². The van der Waals surface area contributed by atoms with Crippen LogP contribution in [0.15, 0.2) is 35.4 Å². The smallest absolute Gasteiger partial charge is 0.481 e. The summed E-state index contributed by atoms with van der Waals surface area (Å²) in [6.45, 7) is 0. The van der Waals surface area contributed by atoms with Gasteiger partial charge in [-0.15, -0.1) is 24.5 Å². The lowest BCUT2D eigenvalue weighted by molar-refractivity contribution is -0.274. The van der Waals surface area contributed by atoms with E-state index < -0.39 is 28.1 Å². The number of aromatic nitrogens is 1. The maximum Gasteiger partial charge on any atom is 0.573 e. The van der Waals surface area contributed by atoms with Crippen LogP contribution in [0.25, 0.3) is 0 Å². The highest BCUT2D eigenvalue weighted by atomic mass is 32.2. The highest BCUT2D eigenvalue weighted by Gasteiger charge is 2.31. The topological polar surface area (TPSA) is 106 Å². The number of anilines is 1. The predicted octanol–water partition coefficient (Wildman–Crippen LogP) is 2.47. The van der Waals surface area contributed by atoms with E-state index in [-0.39, 0.29) is 16.4 Å². The van der Waals surface area contributed by atoms with Gasteiger partial charge in [0.15, 0.2) is 5.13 Å². The minimum absolute atomic E-state index is 0.0538. The maximum atomic E-state index is 12.1. The standard InChI is InChI=1S/C12H9F3N2O5S2/c13-12(14,15)22-7-1-3-9(4-2-7)24(20,21)17-11-16-6-8(23-11)5-10(18)19/h1-4,6H,5H2,(H,16,17)(H,18,19). The van der Waals surface area contributed by atoms with Crippen molar-refractivity contribution in [2.75, 3.05) is 4.72 Å². The molecular formula is C12H9F3N2O5S2. The van der Waals surface area contributed by atoms with Gasteiger partial charge in [0.2, 0.25) is 0 Å². The molecule has 0 spiro atoms. The number of carboxylic acid groups (broad SMARTS) is 1. The van der Waals surface area contributed by atoms with E-state index in [2.05, 4.69) is 14.4 Å². The molecule has 0 saturated heterocycles. The lowest BCUT2D eigenvalue weighted by Gasteiger charge is -2.09. The summed E-state index contributed by atoms with van der Waals surface area (Å²) in [5, 5.41) is 8.59. The Labute approximate surface area is 137 Å². The third-order valence-corrected chi connectivity index (χ3v) is 4.87. The minimum Gasteiger partial charge on any atom is -0.481 e. The molecule has 1 aromatic heterocycles. The summed E-state index contributed by atoms with van der Waals surface area (Å²) in [5.74, 6) is -1.65. The summed E-state index contributed by atoms with van der Waals surface area (Å²) >= 11 is 0.838. The minimum atomic E-state index is -4.87. The van der Waals surface area contributed by atoms with Gasteiger partial charge >= 0.3 is 12.3 Å². The third-order valence-electron chi connectivity index (χ3n) is 2.47. The molecule has 24 heavy (non-hydrogen) atoms. The molecule has 12 heteroatoms. The molecule has 0 radical (unpaired) electrons. The number of nitrogens with one attached hydrogen (secondary N) is 1. The van der Waals surface area contributed by atoms with Gasteiger partial charge in [-0.1, -0.05) is 0 Å². The number of nitrogens with zero attached hydrogens (tertiary/aromatic N) is 1. The van der Waals surface area contributed by atoms with Crippen LogP contribution in [0.2, 0.25) is 0 Å². The molecule has 0 unspecified atom stereocenters. The van der Waals surface area contributed by atoms with Crippen LogP contribution in [0.3, 0.4) is 0 Å². The molecule has 0 bridgehead atoms. The molecule has 2 N–H and O–H groups in total. The summed E-state index contributed by atoms with van der Waals surface area (Å²) < 4.78 is 66.1. The van der Waals surface area contributed by atoms with Crippen molar-refractivity contribution in [2.45, 2.75) is 17.7 Å². The largest absolute Gasteiger partial charge is 0.573 e. The SMILES string of the molecule is O=C(O)Cc1cnc(NS(=O)(=O)c2ccc(OC(F)(F)F)cc2)s1. The lowest BCUT2D eigenvalue weighted by atomic mass is 10.3. The van der Waals surface area contributed by atoms with Crippen molar-refractivity contribution >= 4 is 32.5 Å². The van der Waals surface area contributed by atoms with Gasteiger partial charge in [-0.25, -0.2) is 13.4 Å². The van der Waals surface area contributed by atoms with Crippen LogP contribution in [0.4, 0.5) is 18.3 Å². The van der Waals surface area contributed by atoms with E-state index >= 15 is 0 Å². The van der Waals surface area contributed by atoms with Crippen LogP contribution in [0.1, 0.15) is 4.88 Å². The summed E-state index contributed by atoms with van der Waals surface area (Å²) in [5.41, 5.74) is 0. The fourth-order valence-electron chi connectivity index (χ4n) is 1.58. The number of benzene rings is 1. The summed E-state index contributed by atoms with van der Waals surface area (Å²) in [7, 11) is -4.08. The first-order valence-electron chi connectivity index (χ1n) is 6.10. The van der Waals surface area contributed by atoms with Crippen molar-refractivity contribution in [2.24, 2.45) is 0 Å². The Morgan fingerprint density at radius 2 is 1.92 bits per heavy atom. The fraction of sp³-hybridized carbons (Fsp3) is 0.167. The van der Waals surface area contributed by atoms with E-state index in [1.54, 1.807) is 0 Å². The molecule has 0 aliphatic heterocycles. The molecule has 0 saturated carbocycles. The Morgan fingerprint density at radius 1 is 1.29 bits per heavy atom. The second-order valence-electron chi connectivity index (χ2n) is 4.33. The van der Waals surface area contributed by atoms with Crippen molar-refractivity contribution in [3.05, 3.63) is 35.3 Å². The zero-order chi connectivity index (χ0) is 18.0. The van der Waals surface area contributed by atoms with Crippen LogP contribution in [-0.2, 0) is 21.2 Å². The number of carbonyl (C=O) groups is 1. The molecule has 0 aliphatic carbocycles. The molecule has 1 aromatic carbocycles. The maximum absolute atomic E-state index is 12.1. The van der Waals surface area contributed by atoms with Gasteiger partial charge in [0.1, 0.15) is 5.75 Å². The Kier molecular flexibility index (Phi) is 4.99. The first-order chi connectivity index (χ1) is 11.0. The van der Waals surface area contributed by atoms with Gasteiger partial charge in [0.05, 0.1) is 11.3 Å². The zero-order valence-electron chi connectivity index (χ0n) is 11.6. The molecular weight excluding hydrogens is 373 g/mol. The Balaban J connectivity index is 2.12. The van der Waals surface area contributed by atoms with Crippen LogP contribution in [0, 0.1) is 0 Å². The van der Waals surface area contributed by atoms with E-state index in [9.17, 15) is 26.4 Å². The summed E-state index contributed by atoms with van der Waals surface area (Å²) in [4.78, 5) is 14.3. The lowest BCUT2D eigenvalue weighted by Crippen LogP contribution is -2.17. The molecule has 0 fully saturated rings. The van der Waals surface area contributed by atoms with E-state index in [4.69, 9.17) is 5.11 Å². The molecule has 2 rings (SSSR count). The number of sulfonamides is 1. The number of thiazole rings is 1. The first kappa shape index (κ1) is 18.0. The van der Waals surface area contributed by atoms with E-state index in [1.165, 1.54) is 6.20 Å². The van der Waals surface area contributed by atoms with Crippen LogP contribution < -0.4 is 9.46 Å². The number of halogens is 3. The molecule has 0 amide bonds. The number of alkyl halides is 3. The first-order valence-corrected chi connectivity index (χ1v) is 8.40. The molecule has 0 atom stereocenters. The van der Waals surface area contributed by atoms with Crippen LogP contribution >= 0.6 is 11.3 Å². The van der Waals surface area contributed by atoms with Crippen molar-refractivity contribution in [3.8, 4) is 5.75 Å². The molecule has 7 nitrogen and oxygen atoms in total. The third kappa shape index (κ3) is 5.09. The highest BCUT2D eigenvalue weighted by Crippen LogP contribution is 2.26. The van der Waals surface area contributed by atoms with E-state index in [0.29, 0.717) is 4.88 Å². The summed E-state index contributed by atoms with van der Waals surface area (Å²) in [6.07, 6.45) is -3.96. The number of hydrogen-bond acceptors (Lipinski definition) is 6. The monoisotopic (exact) mass is 382 g/mol. The number of rotatable bonds is 6.